The first kappa shape index (κ1) is 15.5. The number of rotatable bonds is 4. The van der Waals surface area contributed by atoms with Gasteiger partial charge >= 0.3 is 5.97 Å². The Bertz CT molecular complexity index is 920. The number of methoxy groups -OCH3 is 1. The first-order chi connectivity index (χ1) is 11.6. The average molecular weight is 322 g/mol. The van der Waals surface area contributed by atoms with Gasteiger partial charge in [0.1, 0.15) is 0 Å². The van der Waals surface area contributed by atoms with Crippen LogP contribution in [0.3, 0.4) is 0 Å². The molecular formula is C18H14N2O4. The van der Waals surface area contributed by atoms with Crippen LogP contribution in [0.2, 0.25) is 0 Å². The van der Waals surface area contributed by atoms with Crippen LogP contribution in [0.15, 0.2) is 54.6 Å². The fourth-order valence-electron chi connectivity index (χ4n) is 2.34. The van der Waals surface area contributed by atoms with Crippen molar-refractivity contribution in [1.82, 2.24) is 4.98 Å². The van der Waals surface area contributed by atoms with Crippen molar-refractivity contribution in [3.05, 3.63) is 65.7 Å². The molecule has 0 saturated carbocycles. The molecule has 1 aromatic heterocycles. The van der Waals surface area contributed by atoms with Gasteiger partial charge in [-0.15, -0.1) is 0 Å². The number of nitrogens with one attached hydrogen (secondary N) is 1. The van der Waals surface area contributed by atoms with Crippen LogP contribution >= 0.6 is 0 Å². The highest BCUT2D eigenvalue weighted by Gasteiger charge is 2.14. The molecule has 6 heteroatoms. The minimum Gasteiger partial charge on any atom is -0.481 e. The summed E-state index contributed by atoms with van der Waals surface area (Å²) in [5, 5.41) is 12.4. The van der Waals surface area contributed by atoms with Gasteiger partial charge in [0.15, 0.2) is 0 Å². The molecule has 1 amide bonds. The summed E-state index contributed by atoms with van der Waals surface area (Å²) in [6.45, 7) is 0. The Morgan fingerprint density at radius 1 is 1.08 bits per heavy atom. The van der Waals surface area contributed by atoms with Gasteiger partial charge in [0.2, 0.25) is 5.88 Å². The number of pyridine rings is 1. The summed E-state index contributed by atoms with van der Waals surface area (Å²) in [4.78, 5) is 27.8. The van der Waals surface area contributed by atoms with Gasteiger partial charge in [-0.1, -0.05) is 18.2 Å². The minimum atomic E-state index is -1.02. The summed E-state index contributed by atoms with van der Waals surface area (Å²) < 4.78 is 5.15. The zero-order valence-corrected chi connectivity index (χ0v) is 12.8. The third kappa shape index (κ3) is 3.03. The molecule has 0 bridgehead atoms. The van der Waals surface area contributed by atoms with Gasteiger partial charge in [-0.05, 0) is 30.3 Å². The molecule has 120 valence electrons. The quantitative estimate of drug-likeness (QED) is 0.770. The first-order valence-corrected chi connectivity index (χ1v) is 7.17. The maximum Gasteiger partial charge on any atom is 0.335 e. The van der Waals surface area contributed by atoms with Crippen molar-refractivity contribution < 1.29 is 19.4 Å². The summed E-state index contributed by atoms with van der Waals surface area (Å²) in [6, 6.07) is 14.8. The molecule has 2 aromatic carbocycles. The molecule has 2 N–H and O–H groups in total. The second kappa shape index (κ2) is 6.37. The SMILES string of the molecule is COc1cc(C(=O)Nc2ccc(C(=O)O)cc2)c2ccccc2n1. The number of carboxylic acid groups (broad SMARTS) is 1. The van der Waals surface area contributed by atoms with E-state index in [0.29, 0.717) is 28.0 Å². The van der Waals surface area contributed by atoms with Crippen LogP contribution in [0.1, 0.15) is 20.7 Å². The number of hydrogen-bond donors (Lipinski definition) is 2. The Kier molecular flexibility index (Phi) is 4.11. The topological polar surface area (TPSA) is 88.5 Å². The lowest BCUT2D eigenvalue weighted by Crippen LogP contribution is -2.13. The van der Waals surface area contributed by atoms with Gasteiger partial charge in [-0.2, -0.15) is 0 Å². The van der Waals surface area contributed by atoms with Crippen LogP contribution in [0, 0.1) is 0 Å². The Morgan fingerprint density at radius 2 is 1.79 bits per heavy atom. The smallest absolute Gasteiger partial charge is 0.335 e. The molecule has 0 atom stereocenters. The standard InChI is InChI=1S/C18H14N2O4/c1-24-16-10-14(13-4-2-3-5-15(13)20-16)17(21)19-12-8-6-11(7-9-12)18(22)23/h2-10H,1H3,(H,19,21)(H,22,23). The Hall–Kier alpha value is -3.41. The fraction of sp³-hybridized carbons (Fsp3) is 0.0556. The number of ether oxygens (including phenoxy) is 1. The Labute approximate surface area is 137 Å². The number of fused-ring (bicyclic) bond motifs is 1. The van der Waals surface area contributed by atoms with Crippen molar-refractivity contribution in [3.63, 3.8) is 0 Å². The highest BCUT2D eigenvalue weighted by atomic mass is 16.5. The normalized spacial score (nSPS) is 10.4. The highest BCUT2D eigenvalue weighted by molar-refractivity contribution is 6.12. The minimum absolute atomic E-state index is 0.157. The monoisotopic (exact) mass is 322 g/mol. The lowest BCUT2D eigenvalue weighted by atomic mass is 10.1. The number of amides is 1. The van der Waals surface area contributed by atoms with E-state index in [9.17, 15) is 9.59 Å². The first-order valence-electron chi connectivity index (χ1n) is 7.17. The molecule has 0 aliphatic rings. The van der Waals surface area contributed by atoms with Gasteiger partial charge in [0.05, 0.1) is 23.8 Å². The molecule has 0 aliphatic heterocycles. The van der Waals surface area contributed by atoms with Crippen molar-refractivity contribution in [2.24, 2.45) is 0 Å². The number of anilines is 1. The van der Waals surface area contributed by atoms with Gasteiger partial charge < -0.3 is 15.2 Å². The van der Waals surface area contributed by atoms with E-state index in [1.807, 2.05) is 18.2 Å². The van der Waals surface area contributed by atoms with E-state index in [1.165, 1.54) is 19.2 Å². The Morgan fingerprint density at radius 3 is 2.46 bits per heavy atom. The van der Waals surface area contributed by atoms with E-state index in [-0.39, 0.29) is 11.5 Å². The van der Waals surface area contributed by atoms with Crippen molar-refractivity contribution in [3.8, 4) is 5.88 Å². The van der Waals surface area contributed by atoms with E-state index in [0.717, 1.165) is 0 Å². The fourth-order valence-corrected chi connectivity index (χ4v) is 2.34. The van der Waals surface area contributed by atoms with E-state index < -0.39 is 5.97 Å². The molecule has 1 heterocycles. The molecule has 24 heavy (non-hydrogen) atoms. The lowest BCUT2D eigenvalue weighted by molar-refractivity contribution is 0.0696. The number of aromatic carboxylic acids is 1. The summed E-state index contributed by atoms with van der Waals surface area (Å²) >= 11 is 0. The van der Waals surface area contributed by atoms with E-state index in [4.69, 9.17) is 9.84 Å². The molecular weight excluding hydrogens is 308 g/mol. The summed E-state index contributed by atoms with van der Waals surface area (Å²) in [5.41, 5.74) is 1.75. The third-order valence-corrected chi connectivity index (χ3v) is 3.54. The van der Waals surface area contributed by atoms with Crippen molar-refractivity contribution in [2.45, 2.75) is 0 Å². The van der Waals surface area contributed by atoms with E-state index in [1.54, 1.807) is 24.3 Å². The van der Waals surface area contributed by atoms with Crippen LogP contribution in [0.25, 0.3) is 10.9 Å². The third-order valence-electron chi connectivity index (χ3n) is 3.54. The maximum atomic E-state index is 12.6. The van der Waals surface area contributed by atoms with Gasteiger partial charge in [0.25, 0.3) is 5.91 Å². The molecule has 0 saturated heterocycles. The van der Waals surface area contributed by atoms with Crippen molar-refractivity contribution >= 4 is 28.5 Å². The van der Waals surface area contributed by atoms with Gasteiger partial charge in [0, 0.05) is 17.1 Å². The van der Waals surface area contributed by atoms with Gasteiger partial charge in [-0.3, -0.25) is 4.79 Å². The molecule has 6 nitrogen and oxygen atoms in total. The molecule has 3 rings (SSSR count). The second-order valence-electron chi connectivity index (χ2n) is 5.07. The van der Waals surface area contributed by atoms with Crippen molar-refractivity contribution in [2.75, 3.05) is 12.4 Å². The number of hydrogen-bond acceptors (Lipinski definition) is 4. The number of carbonyl (C=O) groups is 2. The van der Waals surface area contributed by atoms with Crippen molar-refractivity contribution in [1.29, 1.82) is 0 Å². The molecule has 0 unspecified atom stereocenters. The van der Waals surface area contributed by atoms with Crippen LogP contribution in [-0.2, 0) is 0 Å². The van der Waals surface area contributed by atoms with E-state index >= 15 is 0 Å². The zero-order valence-electron chi connectivity index (χ0n) is 12.8. The number of nitrogens with zero attached hydrogens (tertiary/aromatic N) is 1. The summed E-state index contributed by atoms with van der Waals surface area (Å²) in [5.74, 6) is -0.993. The molecule has 0 spiro atoms. The van der Waals surface area contributed by atoms with E-state index in [2.05, 4.69) is 10.3 Å². The summed E-state index contributed by atoms with van der Waals surface area (Å²) in [7, 11) is 1.49. The van der Waals surface area contributed by atoms with Crippen LogP contribution in [0.4, 0.5) is 5.69 Å². The predicted molar refractivity (Wildman–Crippen MR) is 89.6 cm³/mol. The second-order valence-corrected chi connectivity index (χ2v) is 5.07. The van der Waals surface area contributed by atoms with Crippen LogP contribution in [0.5, 0.6) is 5.88 Å². The number of para-hydroxylation sites is 1. The largest absolute Gasteiger partial charge is 0.481 e. The van der Waals surface area contributed by atoms with Crippen LogP contribution < -0.4 is 10.1 Å². The number of carboxylic acids is 1. The van der Waals surface area contributed by atoms with Crippen LogP contribution in [-0.4, -0.2) is 29.1 Å². The summed E-state index contributed by atoms with van der Waals surface area (Å²) in [6.07, 6.45) is 0. The Balaban J connectivity index is 1.94. The number of benzene rings is 2. The molecule has 3 aromatic rings. The number of aromatic nitrogens is 1. The maximum absolute atomic E-state index is 12.6. The highest BCUT2D eigenvalue weighted by Crippen LogP contribution is 2.23. The molecule has 0 fully saturated rings. The average Bonchev–Trinajstić information content (AvgIpc) is 2.61. The zero-order chi connectivity index (χ0) is 17.1. The molecule has 0 radical (unpaired) electrons. The number of carbonyl (C=O) groups excluding carboxylic acids is 1. The van der Waals surface area contributed by atoms with Gasteiger partial charge in [-0.25, -0.2) is 9.78 Å². The predicted octanol–water partition coefficient (Wildman–Crippen LogP) is 3.19. The molecule has 0 aliphatic carbocycles. The lowest BCUT2D eigenvalue weighted by Gasteiger charge is -2.10.